The number of nitrogens with one attached hydrogen (secondary N) is 1. The predicted octanol–water partition coefficient (Wildman–Crippen LogP) is 2.53. The lowest BCUT2D eigenvalue weighted by molar-refractivity contribution is 0.0563. The first kappa shape index (κ1) is 20.3. The maximum absolute atomic E-state index is 12.4. The summed E-state index contributed by atoms with van der Waals surface area (Å²) >= 11 is 8.16. The van der Waals surface area contributed by atoms with Gasteiger partial charge in [-0.2, -0.15) is 0 Å². The third kappa shape index (κ3) is 3.44. The quantitative estimate of drug-likeness (QED) is 0.599. The molecule has 166 valence electrons. The summed E-state index contributed by atoms with van der Waals surface area (Å²) in [4.78, 5) is 24.5. The first-order valence-corrected chi connectivity index (χ1v) is 12.0. The number of β-amino-alcohol motifs (C(OH)–C–C–N with tert-alkyl or cyclic N) is 1. The summed E-state index contributed by atoms with van der Waals surface area (Å²) in [7, 11) is 0. The molecule has 3 aromatic rings. The van der Waals surface area contributed by atoms with Crippen molar-refractivity contribution in [2.24, 2.45) is 0 Å². The number of fused-ring (bicyclic) bond motifs is 1. The second-order valence-corrected chi connectivity index (χ2v) is 9.89. The highest BCUT2D eigenvalue weighted by Crippen LogP contribution is 2.38. The molecule has 3 aliphatic rings. The van der Waals surface area contributed by atoms with E-state index in [9.17, 15) is 9.90 Å². The summed E-state index contributed by atoms with van der Waals surface area (Å²) in [6.07, 6.45) is 3.67. The first-order chi connectivity index (χ1) is 15.6. The molecule has 10 heteroatoms. The zero-order valence-electron chi connectivity index (χ0n) is 17.2. The molecular formula is C22H22ClN5O3S. The molecular weight excluding hydrogens is 450 g/mol. The Morgan fingerprint density at radius 2 is 2.19 bits per heavy atom. The zero-order valence-corrected chi connectivity index (χ0v) is 18.8. The van der Waals surface area contributed by atoms with E-state index in [0.29, 0.717) is 24.1 Å². The van der Waals surface area contributed by atoms with Crippen LogP contribution in [0.4, 0.5) is 5.82 Å². The molecule has 6 rings (SSSR count). The number of ether oxygens (including phenoxy) is 1. The fourth-order valence-electron chi connectivity index (χ4n) is 5.01. The van der Waals surface area contributed by atoms with Gasteiger partial charge in [-0.05, 0) is 18.6 Å². The molecule has 2 N–H and O–H groups in total. The van der Waals surface area contributed by atoms with Crippen molar-refractivity contribution in [3.8, 4) is 5.75 Å². The van der Waals surface area contributed by atoms with E-state index in [1.54, 1.807) is 40.9 Å². The Kier molecular flexibility index (Phi) is 5.02. The van der Waals surface area contributed by atoms with Crippen molar-refractivity contribution >= 4 is 40.2 Å². The van der Waals surface area contributed by atoms with E-state index < -0.39 is 6.10 Å². The summed E-state index contributed by atoms with van der Waals surface area (Å²) in [6, 6.07) is 5.24. The number of pyridine rings is 3. The molecule has 0 saturated carbocycles. The van der Waals surface area contributed by atoms with Gasteiger partial charge in [-0.3, -0.25) is 14.7 Å². The van der Waals surface area contributed by atoms with Gasteiger partial charge in [0.05, 0.1) is 39.3 Å². The molecule has 1 unspecified atom stereocenters. The van der Waals surface area contributed by atoms with E-state index in [-0.39, 0.29) is 17.5 Å². The summed E-state index contributed by atoms with van der Waals surface area (Å²) < 4.78 is 7.26. The number of thioether (sulfide) groups is 1. The molecule has 3 aliphatic heterocycles. The molecule has 6 heterocycles. The number of hydrogen-bond donors (Lipinski definition) is 2. The number of anilines is 1. The minimum atomic E-state index is -0.526. The van der Waals surface area contributed by atoms with E-state index in [2.05, 4.69) is 20.2 Å². The van der Waals surface area contributed by atoms with E-state index in [4.69, 9.17) is 16.3 Å². The van der Waals surface area contributed by atoms with Crippen molar-refractivity contribution in [3.63, 3.8) is 0 Å². The van der Waals surface area contributed by atoms with Crippen molar-refractivity contribution in [2.75, 3.05) is 30.9 Å². The highest BCUT2D eigenvalue weighted by Gasteiger charge is 2.33. The van der Waals surface area contributed by atoms with Gasteiger partial charge in [0.25, 0.3) is 5.56 Å². The lowest BCUT2D eigenvalue weighted by Gasteiger charge is -2.37. The van der Waals surface area contributed by atoms with Crippen molar-refractivity contribution < 1.29 is 9.84 Å². The maximum Gasteiger partial charge on any atom is 0.251 e. The topological polar surface area (TPSA) is 92.5 Å². The van der Waals surface area contributed by atoms with Crippen LogP contribution in [0.2, 0.25) is 5.02 Å². The van der Waals surface area contributed by atoms with Crippen LogP contribution < -0.4 is 15.6 Å². The van der Waals surface area contributed by atoms with Gasteiger partial charge in [-0.1, -0.05) is 23.4 Å². The van der Waals surface area contributed by atoms with Crippen molar-refractivity contribution in [1.82, 2.24) is 19.4 Å². The molecule has 8 nitrogen and oxygen atoms in total. The molecule has 3 aromatic heterocycles. The highest BCUT2D eigenvalue weighted by atomic mass is 35.5. The number of aromatic nitrogens is 3. The SMILES string of the molecule is O=c1ccc2ncc(Cl)c3c2n1CC3CN1CC[C@H](Nc2cc3c(cn2)OCS3)[C@H](O)C1. The number of rotatable bonds is 4. The van der Waals surface area contributed by atoms with Gasteiger partial charge < -0.3 is 19.7 Å². The summed E-state index contributed by atoms with van der Waals surface area (Å²) in [5.74, 6) is 2.29. The normalized spacial score (nSPS) is 24.5. The smallest absolute Gasteiger partial charge is 0.251 e. The monoisotopic (exact) mass is 471 g/mol. The summed E-state index contributed by atoms with van der Waals surface area (Å²) in [5, 5.41) is 14.8. The number of nitrogens with zero attached hydrogens (tertiary/aromatic N) is 4. The van der Waals surface area contributed by atoms with Crippen LogP contribution in [0.3, 0.4) is 0 Å². The second-order valence-electron chi connectivity index (χ2n) is 8.52. The van der Waals surface area contributed by atoms with Crippen LogP contribution in [-0.2, 0) is 6.54 Å². The summed E-state index contributed by atoms with van der Waals surface area (Å²) in [6.45, 7) is 2.71. The molecule has 32 heavy (non-hydrogen) atoms. The maximum atomic E-state index is 12.4. The van der Waals surface area contributed by atoms with Gasteiger partial charge in [0, 0.05) is 49.9 Å². The molecule has 0 aliphatic carbocycles. The molecule has 0 amide bonds. The minimum Gasteiger partial charge on any atom is -0.480 e. The minimum absolute atomic E-state index is 0.0290. The standard InChI is InChI=1S/C22H22ClN5O3S/c23-13-6-24-15-1-2-20(30)28-9-12(21(13)22(15)28)8-27-4-3-14(16(29)10-27)26-19-5-18-17(7-25-19)31-11-32-18/h1-2,5-7,12,14,16,29H,3-4,8-11H2,(H,25,26)/t12?,14-,16+/m0/s1. The fourth-order valence-corrected chi connectivity index (χ4v) is 6.06. The van der Waals surface area contributed by atoms with E-state index in [1.807, 2.05) is 6.07 Å². The largest absolute Gasteiger partial charge is 0.480 e. The Morgan fingerprint density at radius 3 is 3.06 bits per heavy atom. The second kappa shape index (κ2) is 7.91. The summed E-state index contributed by atoms with van der Waals surface area (Å²) in [5.41, 5.74) is 2.60. The van der Waals surface area contributed by atoms with Crippen LogP contribution in [0.25, 0.3) is 11.0 Å². The third-order valence-electron chi connectivity index (χ3n) is 6.54. The Balaban J connectivity index is 1.15. The van der Waals surface area contributed by atoms with E-state index in [0.717, 1.165) is 52.6 Å². The lowest BCUT2D eigenvalue weighted by atomic mass is 9.97. The van der Waals surface area contributed by atoms with E-state index in [1.165, 1.54) is 0 Å². The van der Waals surface area contributed by atoms with Gasteiger partial charge in [0.1, 0.15) is 11.8 Å². The Hall–Kier alpha value is -2.33. The van der Waals surface area contributed by atoms with Crippen LogP contribution >= 0.6 is 23.4 Å². The first-order valence-electron chi connectivity index (χ1n) is 10.7. The third-order valence-corrected chi connectivity index (χ3v) is 7.71. The van der Waals surface area contributed by atoms with Crippen LogP contribution in [0.15, 0.2) is 40.3 Å². The van der Waals surface area contributed by atoms with Gasteiger partial charge in [0.15, 0.2) is 5.75 Å². The average molecular weight is 472 g/mol. The zero-order chi connectivity index (χ0) is 21.8. The molecule has 1 saturated heterocycles. The number of aliphatic hydroxyl groups is 1. The highest BCUT2D eigenvalue weighted by molar-refractivity contribution is 7.99. The lowest BCUT2D eigenvalue weighted by Crippen LogP contribution is -2.50. The van der Waals surface area contributed by atoms with Crippen molar-refractivity contribution in [2.45, 2.75) is 35.9 Å². The Labute approximate surface area is 193 Å². The molecule has 0 aromatic carbocycles. The predicted molar refractivity (Wildman–Crippen MR) is 124 cm³/mol. The van der Waals surface area contributed by atoms with Gasteiger partial charge in [-0.15, -0.1) is 0 Å². The fraction of sp³-hybridized carbons (Fsp3) is 0.409. The van der Waals surface area contributed by atoms with Gasteiger partial charge in [0.2, 0.25) is 0 Å². The molecule has 1 fully saturated rings. The van der Waals surface area contributed by atoms with Crippen LogP contribution in [-0.4, -0.2) is 62.3 Å². The van der Waals surface area contributed by atoms with Gasteiger partial charge >= 0.3 is 0 Å². The Bertz CT molecular complexity index is 1270. The number of halogens is 1. The average Bonchev–Trinajstić information content (AvgIpc) is 3.40. The Morgan fingerprint density at radius 1 is 1.28 bits per heavy atom. The van der Waals surface area contributed by atoms with Crippen molar-refractivity contribution in [1.29, 1.82) is 0 Å². The molecule has 0 bridgehead atoms. The van der Waals surface area contributed by atoms with Crippen LogP contribution in [0.5, 0.6) is 5.75 Å². The molecule has 3 atom stereocenters. The van der Waals surface area contributed by atoms with Crippen molar-refractivity contribution in [3.05, 3.63) is 51.5 Å². The number of likely N-dealkylation sites (tertiary alicyclic amines) is 1. The number of hydrogen-bond acceptors (Lipinski definition) is 8. The van der Waals surface area contributed by atoms with Crippen LogP contribution in [0, 0.1) is 0 Å². The van der Waals surface area contributed by atoms with Crippen LogP contribution in [0.1, 0.15) is 17.9 Å². The molecule has 0 spiro atoms. The van der Waals surface area contributed by atoms with Gasteiger partial charge in [-0.25, -0.2) is 4.98 Å². The molecule has 0 radical (unpaired) electrons. The number of aliphatic hydroxyl groups excluding tert-OH is 1. The van der Waals surface area contributed by atoms with E-state index >= 15 is 0 Å². The number of piperidine rings is 1.